The number of aromatic nitrogens is 2. The van der Waals surface area contributed by atoms with Crippen LogP contribution in [0.4, 0.5) is 13.2 Å². The number of hydrogen-bond acceptors (Lipinski definition) is 4. The number of halogens is 3. The number of nitrogens with zero attached hydrogens (tertiary/aromatic N) is 2. The Bertz CT molecular complexity index is 1640. The average molecular weight is 475 g/mol. The van der Waals surface area contributed by atoms with Gasteiger partial charge in [-0.1, -0.05) is 0 Å². The zero-order valence-corrected chi connectivity index (χ0v) is 17.9. The summed E-state index contributed by atoms with van der Waals surface area (Å²) in [5, 5.41) is -0.130. The van der Waals surface area contributed by atoms with Crippen LogP contribution in [0.15, 0.2) is 47.5 Å². The minimum atomic E-state index is -3.74. The third kappa shape index (κ3) is 3.39. The Hall–Kier alpha value is -3.60. The lowest BCUT2D eigenvalue weighted by Gasteiger charge is -2.33. The molecule has 11 heteroatoms. The van der Waals surface area contributed by atoms with Crippen LogP contribution in [0.5, 0.6) is 0 Å². The molecular weight excluding hydrogens is 459 g/mol. The van der Waals surface area contributed by atoms with Gasteiger partial charge < -0.3 is 14.3 Å². The molecule has 0 saturated carbocycles. The molecule has 1 aliphatic rings. The maximum Gasteiger partial charge on any atom is 0.256 e. The van der Waals surface area contributed by atoms with Crippen LogP contribution in [0.2, 0.25) is 0 Å². The molecule has 0 fully saturated rings. The Kier molecular flexibility index (Phi) is 4.64. The van der Waals surface area contributed by atoms with Crippen LogP contribution in [0, 0.1) is 17.5 Å². The van der Waals surface area contributed by atoms with Crippen LogP contribution in [0.1, 0.15) is 27.7 Å². The van der Waals surface area contributed by atoms with E-state index in [0.717, 1.165) is 17.0 Å². The largest absolute Gasteiger partial charge is 0.333 e. The molecule has 7 nitrogen and oxygen atoms in total. The highest BCUT2D eigenvalue weighted by molar-refractivity contribution is 7.90. The van der Waals surface area contributed by atoms with Gasteiger partial charge in [0.15, 0.2) is 21.5 Å². The van der Waals surface area contributed by atoms with Crippen molar-refractivity contribution in [2.45, 2.75) is 11.8 Å². The van der Waals surface area contributed by atoms with E-state index in [1.165, 1.54) is 35.8 Å². The Morgan fingerprint density at radius 2 is 1.82 bits per heavy atom. The number of amides is 1. The van der Waals surface area contributed by atoms with Crippen molar-refractivity contribution in [2.75, 3.05) is 12.8 Å². The van der Waals surface area contributed by atoms with Crippen molar-refractivity contribution in [2.24, 2.45) is 0 Å². The summed E-state index contributed by atoms with van der Waals surface area (Å²) in [6, 6.07) is 4.54. The Morgan fingerprint density at radius 1 is 1.12 bits per heavy atom. The molecule has 0 spiro atoms. The van der Waals surface area contributed by atoms with Crippen LogP contribution in [-0.2, 0) is 15.6 Å². The molecule has 1 atom stereocenters. The molecule has 0 unspecified atom stereocenters. The number of sulfone groups is 1. The number of nitrogens with one attached hydrogen (secondary N) is 1. The maximum atomic E-state index is 14.1. The van der Waals surface area contributed by atoms with Crippen LogP contribution in [0.25, 0.3) is 16.3 Å². The summed E-state index contributed by atoms with van der Waals surface area (Å²) in [4.78, 5) is 29.3. The first-order valence-electron chi connectivity index (χ1n) is 9.83. The zero-order valence-electron chi connectivity index (χ0n) is 17.1. The van der Waals surface area contributed by atoms with Gasteiger partial charge in [-0.05, 0) is 35.7 Å². The molecule has 4 aromatic rings. The molecule has 1 N–H and O–H groups in total. The van der Waals surface area contributed by atoms with Crippen molar-refractivity contribution in [3.8, 4) is 0 Å². The molecule has 170 valence electrons. The lowest BCUT2D eigenvalue weighted by molar-refractivity contribution is 0.0744. The predicted molar refractivity (Wildman–Crippen MR) is 114 cm³/mol. The fraction of sp³-hybridized carbons (Fsp3) is 0.182. The molecule has 0 saturated heterocycles. The smallest absolute Gasteiger partial charge is 0.256 e. The quantitative estimate of drug-likeness (QED) is 0.483. The van der Waals surface area contributed by atoms with Gasteiger partial charge in [-0.3, -0.25) is 9.59 Å². The van der Waals surface area contributed by atoms with Crippen molar-refractivity contribution in [3.63, 3.8) is 0 Å². The summed E-state index contributed by atoms with van der Waals surface area (Å²) in [7, 11) is -2.37. The number of pyridine rings is 2. The fourth-order valence-electron chi connectivity index (χ4n) is 4.36. The van der Waals surface area contributed by atoms with E-state index in [-0.39, 0.29) is 33.1 Å². The predicted octanol–water partition coefficient (Wildman–Crippen LogP) is 2.94. The Labute approximate surface area is 185 Å². The third-order valence-electron chi connectivity index (χ3n) is 5.91. The number of carbonyl (C=O) groups is 1. The van der Waals surface area contributed by atoms with E-state index in [0.29, 0.717) is 0 Å². The van der Waals surface area contributed by atoms with Crippen LogP contribution < -0.4 is 5.56 Å². The topological polar surface area (TPSA) is 91.7 Å². The fourth-order valence-corrected chi connectivity index (χ4v) is 6.01. The molecule has 33 heavy (non-hydrogen) atoms. The molecule has 1 amide bonds. The average Bonchev–Trinajstić information content (AvgIpc) is 3.18. The van der Waals surface area contributed by atoms with E-state index in [1.54, 1.807) is 6.20 Å². The van der Waals surface area contributed by atoms with Gasteiger partial charge in [0.2, 0.25) is 0 Å². The third-order valence-corrected chi connectivity index (χ3v) is 7.46. The molecule has 1 aliphatic heterocycles. The summed E-state index contributed by atoms with van der Waals surface area (Å²) in [6.07, 6.45) is 2.97. The second-order valence-electron chi connectivity index (χ2n) is 8.02. The zero-order chi connectivity index (χ0) is 23.7. The number of fused-ring (bicyclic) bond motifs is 4. The van der Waals surface area contributed by atoms with Gasteiger partial charge in [0.25, 0.3) is 11.5 Å². The first-order chi connectivity index (χ1) is 15.6. The first kappa shape index (κ1) is 21.3. The van der Waals surface area contributed by atoms with E-state index in [9.17, 15) is 31.2 Å². The summed E-state index contributed by atoms with van der Waals surface area (Å²) in [5.41, 5.74) is -0.246. The van der Waals surface area contributed by atoms with Crippen LogP contribution >= 0.6 is 0 Å². The number of H-pyrrole nitrogens is 1. The number of hydrogen-bond donors (Lipinski definition) is 1. The number of carbonyl (C=O) groups excluding carboxylic acids is 1. The van der Waals surface area contributed by atoms with Gasteiger partial charge in [-0.15, -0.1) is 0 Å². The van der Waals surface area contributed by atoms with Crippen molar-refractivity contribution in [1.29, 1.82) is 0 Å². The molecule has 1 aromatic carbocycles. The number of benzene rings is 1. The van der Waals surface area contributed by atoms with Crippen molar-refractivity contribution >= 4 is 32.0 Å². The number of aromatic amines is 1. The number of rotatable bonds is 2. The SMILES string of the molecule is CN(C(=O)c1cc2c(F)cccn2c1)[C@@H]1CS(=O)(=O)Cc2[nH]c(=O)c3cc(F)c(F)cc3c21. The Balaban J connectivity index is 1.69. The minimum absolute atomic E-state index is 0.0162. The summed E-state index contributed by atoms with van der Waals surface area (Å²) in [6.45, 7) is 0. The lowest BCUT2D eigenvalue weighted by Crippen LogP contribution is -2.39. The minimum Gasteiger partial charge on any atom is -0.333 e. The van der Waals surface area contributed by atoms with Crippen molar-refractivity contribution in [1.82, 2.24) is 14.3 Å². The maximum absolute atomic E-state index is 14.1. The van der Waals surface area contributed by atoms with Gasteiger partial charge in [-0.25, -0.2) is 21.6 Å². The lowest BCUT2D eigenvalue weighted by atomic mass is 9.97. The standard InChI is InChI=1S/C22H16F3N3O4S/c1-27(22(30)11-5-18-14(23)3-2-4-28(18)8-11)19-10-33(31,32)9-17-20(19)12-6-15(24)16(25)7-13(12)21(29)26-17/h2-8,19H,9-10H2,1H3,(H,26,29)/t19-/m1/s1. The monoisotopic (exact) mass is 475 g/mol. The van der Waals surface area contributed by atoms with Gasteiger partial charge in [0.05, 0.1) is 34.0 Å². The molecule has 0 aliphatic carbocycles. The van der Waals surface area contributed by atoms with Gasteiger partial charge in [0, 0.05) is 30.7 Å². The Morgan fingerprint density at radius 3 is 2.52 bits per heavy atom. The highest BCUT2D eigenvalue weighted by Crippen LogP contribution is 2.36. The summed E-state index contributed by atoms with van der Waals surface area (Å²) in [5.74, 6) is -4.55. The van der Waals surface area contributed by atoms with Gasteiger partial charge >= 0.3 is 0 Å². The van der Waals surface area contributed by atoms with Crippen molar-refractivity contribution < 1.29 is 26.4 Å². The van der Waals surface area contributed by atoms with Crippen molar-refractivity contribution in [3.05, 3.63) is 87.4 Å². The van der Waals surface area contributed by atoms with Crippen LogP contribution in [-0.4, -0.2) is 41.4 Å². The molecule has 0 bridgehead atoms. The highest BCUT2D eigenvalue weighted by Gasteiger charge is 2.37. The highest BCUT2D eigenvalue weighted by atomic mass is 32.2. The molecule has 4 heterocycles. The molecule has 5 rings (SSSR count). The second-order valence-corrected chi connectivity index (χ2v) is 10.1. The van der Waals surface area contributed by atoms with E-state index in [4.69, 9.17) is 0 Å². The molecular formula is C22H16F3N3O4S. The van der Waals surface area contributed by atoms with Crippen LogP contribution in [0.3, 0.4) is 0 Å². The normalized spacial score (nSPS) is 17.3. The van der Waals surface area contributed by atoms with E-state index < -0.39 is 56.3 Å². The molecule has 0 radical (unpaired) electrons. The summed E-state index contributed by atoms with van der Waals surface area (Å²) < 4.78 is 68.6. The van der Waals surface area contributed by atoms with E-state index in [1.807, 2.05) is 0 Å². The summed E-state index contributed by atoms with van der Waals surface area (Å²) >= 11 is 0. The van der Waals surface area contributed by atoms with E-state index >= 15 is 0 Å². The molecule has 3 aromatic heterocycles. The van der Waals surface area contributed by atoms with E-state index in [2.05, 4.69) is 4.98 Å². The second kappa shape index (κ2) is 7.20. The van der Waals surface area contributed by atoms with Gasteiger partial charge in [0.1, 0.15) is 5.82 Å². The van der Waals surface area contributed by atoms with Gasteiger partial charge in [-0.2, -0.15) is 0 Å². The first-order valence-corrected chi connectivity index (χ1v) is 11.7.